The standard InChI is InChI=1S/C39H48O18/c1-15(2)4-9-19-20(43)12-21(44)26(37(19)57-39-35(51)33(49)30(46)25(14-41)56-39)28-27-22(52-3)10-18(53-38-34(50)32(48)29(45)24(13-40)55-38)11-23(27)54-36(31(28)47)16-5-7-17(42)8-6-16/h4-8,10-12,24-25,28-36,38-51H,9,13-14H2,1-3H3/t24-,25+,28-,29-,30+,31+,32+,33+,34-,35-,36-,38-,39-/m0/s1. The van der Waals surface area contributed by atoms with E-state index >= 15 is 0 Å². The molecule has 0 bridgehead atoms. The summed E-state index contributed by atoms with van der Waals surface area (Å²) in [5.74, 6) is -3.00. The zero-order chi connectivity index (χ0) is 41.5. The number of phenolic OH excluding ortho intramolecular Hbond substituents is 3. The predicted octanol–water partition coefficient (Wildman–Crippen LogP) is -0.695. The maximum Gasteiger partial charge on any atom is 0.229 e. The average Bonchev–Trinajstić information content (AvgIpc) is 3.18. The molecule has 3 aliphatic rings. The number of aromatic hydroxyl groups is 3. The van der Waals surface area contributed by atoms with E-state index in [0.717, 1.165) is 11.6 Å². The van der Waals surface area contributed by atoms with Crippen LogP contribution in [0.15, 0.2) is 54.1 Å². The Kier molecular flexibility index (Phi) is 12.7. The molecule has 2 saturated heterocycles. The Hall–Kier alpha value is -4.44. The van der Waals surface area contributed by atoms with Gasteiger partial charge < -0.3 is 89.7 Å². The van der Waals surface area contributed by atoms with Crippen LogP contribution in [-0.4, -0.2) is 149 Å². The van der Waals surface area contributed by atoms with Crippen LogP contribution in [0.2, 0.25) is 0 Å². The second-order valence-electron chi connectivity index (χ2n) is 14.4. The number of aliphatic hydroxyl groups excluding tert-OH is 9. The van der Waals surface area contributed by atoms with Gasteiger partial charge in [-0.05, 0) is 38.0 Å². The summed E-state index contributed by atoms with van der Waals surface area (Å²) in [4.78, 5) is 0. The molecule has 0 radical (unpaired) electrons. The van der Waals surface area contributed by atoms with E-state index in [1.165, 1.54) is 43.5 Å². The number of rotatable bonds is 11. The Morgan fingerprint density at radius 1 is 0.684 bits per heavy atom. The first-order valence-corrected chi connectivity index (χ1v) is 18.1. The highest BCUT2D eigenvalue weighted by Crippen LogP contribution is 2.56. The highest BCUT2D eigenvalue weighted by atomic mass is 16.7. The van der Waals surface area contributed by atoms with Crippen LogP contribution >= 0.6 is 0 Å². The van der Waals surface area contributed by atoms with Gasteiger partial charge in [0.2, 0.25) is 12.6 Å². The fourth-order valence-electron chi connectivity index (χ4n) is 7.22. The van der Waals surface area contributed by atoms with Crippen molar-refractivity contribution in [1.82, 2.24) is 0 Å². The molecule has 0 saturated carbocycles. The summed E-state index contributed by atoms with van der Waals surface area (Å²) in [6, 6.07) is 9.38. The van der Waals surface area contributed by atoms with Crippen LogP contribution in [-0.2, 0) is 15.9 Å². The number of aliphatic hydroxyl groups is 9. The van der Waals surface area contributed by atoms with Crippen molar-refractivity contribution in [2.24, 2.45) is 0 Å². The van der Waals surface area contributed by atoms with Gasteiger partial charge in [-0.2, -0.15) is 0 Å². The van der Waals surface area contributed by atoms with Gasteiger partial charge in [0.25, 0.3) is 0 Å². The number of benzene rings is 3. The Morgan fingerprint density at radius 3 is 1.81 bits per heavy atom. The Bertz CT molecular complexity index is 1890. The minimum Gasteiger partial charge on any atom is -0.508 e. The summed E-state index contributed by atoms with van der Waals surface area (Å²) in [7, 11) is 1.28. The second kappa shape index (κ2) is 17.2. The first-order valence-electron chi connectivity index (χ1n) is 18.1. The average molecular weight is 805 g/mol. The molecule has 13 atom stereocenters. The Balaban J connectivity index is 1.55. The fraction of sp³-hybridized carbons (Fsp3) is 0.487. The molecule has 57 heavy (non-hydrogen) atoms. The molecule has 3 heterocycles. The molecule has 18 heteroatoms. The maximum absolute atomic E-state index is 12.4. The number of phenols is 3. The van der Waals surface area contributed by atoms with Crippen molar-refractivity contribution >= 4 is 0 Å². The maximum atomic E-state index is 12.4. The summed E-state index contributed by atoms with van der Waals surface area (Å²) in [6.45, 7) is 2.10. The number of methoxy groups -OCH3 is 1. The molecule has 2 fully saturated rings. The highest BCUT2D eigenvalue weighted by Gasteiger charge is 2.49. The Morgan fingerprint density at radius 2 is 1.26 bits per heavy atom. The minimum atomic E-state index is -1.91. The van der Waals surface area contributed by atoms with Gasteiger partial charge in [-0.25, -0.2) is 0 Å². The number of allylic oxidation sites excluding steroid dienone is 2. The van der Waals surface area contributed by atoms with Crippen molar-refractivity contribution < 1.29 is 89.7 Å². The summed E-state index contributed by atoms with van der Waals surface area (Å²) in [6.07, 6.45) is -18.0. The van der Waals surface area contributed by atoms with Crippen molar-refractivity contribution in [1.29, 1.82) is 0 Å². The van der Waals surface area contributed by atoms with E-state index in [1.807, 2.05) is 0 Å². The number of hydrogen-bond donors (Lipinski definition) is 12. The summed E-state index contributed by atoms with van der Waals surface area (Å²) < 4.78 is 35.5. The predicted molar refractivity (Wildman–Crippen MR) is 194 cm³/mol. The van der Waals surface area contributed by atoms with Gasteiger partial charge >= 0.3 is 0 Å². The number of ether oxygens (including phenoxy) is 6. The molecule has 3 aromatic carbocycles. The minimum absolute atomic E-state index is 0.0230. The molecule has 3 aromatic rings. The van der Waals surface area contributed by atoms with Gasteiger partial charge in [-0.1, -0.05) is 23.8 Å². The van der Waals surface area contributed by atoms with E-state index in [1.54, 1.807) is 19.9 Å². The lowest BCUT2D eigenvalue weighted by atomic mass is 9.78. The van der Waals surface area contributed by atoms with E-state index < -0.39 is 104 Å². The lowest BCUT2D eigenvalue weighted by Crippen LogP contribution is -2.60. The normalized spacial score (nSPS) is 32.5. The topological polar surface area (TPSA) is 298 Å². The molecular weight excluding hydrogens is 756 g/mol. The molecule has 12 N–H and O–H groups in total. The van der Waals surface area contributed by atoms with Crippen molar-refractivity contribution in [2.75, 3.05) is 20.3 Å². The fourth-order valence-corrected chi connectivity index (χ4v) is 7.22. The zero-order valence-electron chi connectivity index (χ0n) is 31.1. The monoisotopic (exact) mass is 804 g/mol. The van der Waals surface area contributed by atoms with Crippen molar-refractivity contribution in [3.63, 3.8) is 0 Å². The summed E-state index contributed by atoms with van der Waals surface area (Å²) >= 11 is 0. The van der Waals surface area contributed by atoms with Crippen LogP contribution in [0.4, 0.5) is 0 Å². The quantitative estimate of drug-likeness (QED) is 0.107. The number of hydrogen-bond acceptors (Lipinski definition) is 18. The third-order valence-electron chi connectivity index (χ3n) is 10.3. The van der Waals surface area contributed by atoms with Gasteiger partial charge in [0, 0.05) is 34.9 Å². The van der Waals surface area contributed by atoms with Gasteiger partial charge in [0.05, 0.1) is 26.2 Å². The van der Waals surface area contributed by atoms with Crippen LogP contribution in [0.3, 0.4) is 0 Å². The van der Waals surface area contributed by atoms with Gasteiger partial charge in [-0.15, -0.1) is 0 Å². The molecule has 3 aliphatic heterocycles. The summed E-state index contributed by atoms with van der Waals surface area (Å²) in [5.41, 5.74) is 1.12. The largest absolute Gasteiger partial charge is 0.508 e. The molecular formula is C39H48O18. The molecule has 0 spiro atoms. The van der Waals surface area contributed by atoms with Gasteiger partial charge in [-0.3, -0.25) is 0 Å². The van der Waals surface area contributed by atoms with E-state index in [-0.39, 0.29) is 51.9 Å². The van der Waals surface area contributed by atoms with Crippen LogP contribution in [0.25, 0.3) is 0 Å². The molecule has 0 unspecified atom stereocenters. The molecule has 18 nitrogen and oxygen atoms in total. The van der Waals surface area contributed by atoms with Crippen LogP contribution in [0.1, 0.15) is 48.1 Å². The first kappa shape index (κ1) is 42.2. The van der Waals surface area contributed by atoms with Crippen LogP contribution in [0.5, 0.6) is 40.2 Å². The Labute approximate surface area is 326 Å². The first-order chi connectivity index (χ1) is 27.1. The van der Waals surface area contributed by atoms with Gasteiger partial charge in [0.15, 0.2) is 6.10 Å². The van der Waals surface area contributed by atoms with E-state index in [9.17, 15) is 61.3 Å². The van der Waals surface area contributed by atoms with Crippen molar-refractivity contribution in [3.8, 4) is 40.2 Å². The molecule has 6 rings (SSSR count). The highest BCUT2D eigenvalue weighted by molar-refractivity contribution is 5.65. The molecule has 312 valence electrons. The summed E-state index contributed by atoms with van der Waals surface area (Å²) in [5, 5.41) is 128. The zero-order valence-corrected chi connectivity index (χ0v) is 31.1. The van der Waals surface area contributed by atoms with Gasteiger partial charge in [0.1, 0.15) is 95.2 Å². The molecule has 0 aliphatic carbocycles. The molecule has 0 amide bonds. The van der Waals surface area contributed by atoms with E-state index in [4.69, 9.17) is 28.4 Å². The number of fused-ring (bicyclic) bond motifs is 1. The van der Waals surface area contributed by atoms with Crippen LogP contribution < -0.4 is 18.9 Å². The molecule has 0 aromatic heterocycles. The second-order valence-corrected chi connectivity index (χ2v) is 14.4. The van der Waals surface area contributed by atoms with Crippen molar-refractivity contribution in [3.05, 3.63) is 76.4 Å². The van der Waals surface area contributed by atoms with E-state index in [0.29, 0.717) is 5.56 Å². The SMILES string of the molecule is COc1cc(O[C@H]2O[C@@H](CO)[C@H](O)[C@@H](O)[C@@H]2O)cc2c1[C@H](c1c(O)cc(O)c(CC=C(C)C)c1O[C@@H]1O[C@H](CO)[C@@H](O)[C@@H](O)[C@@H]1O)[C@@H](O)[C@H](c1ccc(O)cc1)O2. The third kappa shape index (κ3) is 8.16. The van der Waals surface area contributed by atoms with E-state index in [2.05, 4.69) is 0 Å². The lowest BCUT2D eigenvalue weighted by molar-refractivity contribution is -0.277. The third-order valence-corrected chi connectivity index (χ3v) is 10.3. The van der Waals surface area contributed by atoms with Crippen LogP contribution in [0, 0.1) is 0 Å². The smallest absolute Gasteiger partial charge is 0.229 e. The van der Waals surface area contributed by atoms with Crippen molar-refractivity contribution in [2.45, 2.75) is 99.8 Å². The lowest BCUT2D eigenvalue weighted by Gasteiger charge is -2.42.